The summed E-state index contributed by atoms with van der Waals surface area (Å²) in [4.78, 5) is 10.1. The predicted molar refractivity (Wildman–Crippen MR) is 186 cm³/mol. The lowest BCUT2D eigenvalue weighted by Gasteiger charge is -2.11. The van der Waals surface area contributed by atoms with Crippen LogP contribution >= 0.6 is 0 Å². The first kappa shape index (κ1) is 25.4. The van der Waals surface area contributed by atoms with Crippen molar-refractivity contribution in [3.05, 3.63) is 158 Å². The predicted octanol–water partition coefficient (Wildman–Crippen LogP) is 11.4. The van der Waals surface area contributed by atoms with Crippen LogP contribution in [0.15, 0.2) is 162 Å². The Kier molecular flexibility index (Phi) is 5.82. The average Bonchev–Trinajstić information content (AvgIpc) is 3.50. The molecule has 0 unspecified atom stereocenters. The average molecular weight is 575 g/mol. The first-order chi connectivity index (χ1) is 22.3. The van der Waals surface area contributed by atoms with Gasteiger partial charge in [0.2, 0.25) is 0 Å². The second-order valence-corrected chi connectivity index (χ2v) is 11.4. The molecule has 0 amide bonds. The van der Waals surface area contributed by atoms with E-state index in [1.54, 1.807) is 0 Å². The van der Waals surface area contributed by atoms with Gasteiger partial charge in [-0.1, -0.05) is 133 Å². The van der Waals surface area contributed by atoms with Gasteiger partial charge in [0.05, 0.1) is 11.4 Å². The highest BCUT2D eigenvalue weighted by Crippen LogP contribution is 2.41. The molecule has 9 aromatic rings. The number of rotatable bonds is 4. The van der Waals surface area contributed by atoms with E-state index in [0.717, 1.165) is 55.6 Å². The molecule has 45 heavy (non-hydrogen) atoms. The fourth-order valence-electron chi connectivity index (χ4n) is 6.57. The molecule has 3 heteroatoms. The van der Waals surface area contributed by atoms with Crippen molar-refractivity contribution in [2.75, 3.05) is 0 Å². The number of furan rings is 1. The highest BCUT2D eigenvalue weighted by molar-refractivity contribution is 6.17. The first-order valence-electron chi connectivity index (χ1n) is 15.2. The molecule has 2 aromatic heterocycles. The van der Waals surface area contributed by atoms with Crippen LogP contribution < -0.4 is 0 Å². The molecule has 7 aromatic carbocycles. The molecule has 0 saturated carbocycles. The molecular formula is C42H26N2O. The Morgan fingerprint density at radius 2 is 1.07 bits per heavy atom. The maximum atomic E-state index is 6.45. The normalized spacial score (nSPS) is 11.6. The lowest BCUT2D eigenvalue weighted by atomic mass is 9.93. The van der Waals surface area contributed by atoms with Gasteiger partial charge < -0.3 is 4.42 Å². The van der Waals surface area contributed by atoms with Crippen molar-refractivity contribution in [2.45, 2.75) is 0 Å². The minimum atomic E-state index is 0.695. The third kappa shape index (κ3) is 4.29. The van der Waals surface area contributed by atoms with E-state index in [0.29, 0.717) is 5.82 Å². The number of hydrogen-bond donors (Lipinski definition) is 0. The van der Waals surface area contributed by atoms with Crippen molar-refractivity contribution in [3.8, 4) is 45.0 Å². The summed E-state index contributed by atoms with van der Waals surface area (Å²) in [5.74, 6) is 0.695. The SMILES string of the molecule is c1ccc(-c2cc(-c3cccc4oc5ccc(-c6cccc7ccc8ccccc8c67)cc5c34)nc(-c3ccccc3)n2)cc1. The fourth-order valence-corrected chi connectivity index (χ4v) is 6.57. The van der Waals surface area contributed by atoms with E-state index in [1.165, 1.54) is 27.1 Å². The van der Waals surface area contributed by atoms with Gasteiger partial charge in [0.25, 0.3) is 0 Å². The summed E-state index contributed by atoms with van der Waals surface area (Å²) in [5, 5.41) is 7.10. The van der Waals surface area contributed by atoms with Gasteiger partial charge in [-0.05, 0) is 56.9 Å². The molecule has 0 saturated heterocycles. The summed E-state index contributed by atoms with van der Waals surface area (Å²) in [7, 11) is 0. The zero-order chi connectivity index (χ0) is 29.7. The molecular weight excluding hydrogens is 548 g/mol. The van der Waals surface area contributed by atoms with E-state index in [9.17, 15) is 0 Å². The van der Waals surface area contributed by atoms with Crippen molar-refractivity contribution in [1.29, 1.82) is 0 Å². The Balaban J connectivity index is 1.30. The van der Waals surface area contributed by atoms with Crippen molar-refractivity contribution in [3.63, 3.8) is 0 Å². The van der Waals surface area contributed by atoms with Crippen LogP contribution in [0.3, 0.4) is 0 Å². The monoisotopic (exact) mass is 574 g/mol. The third-order valence-electron chi connectivity index (χ3n) is 8.68. The highest BCUT2D eigenvalue weighted by atomic mass is 16.3. The van der Waals surface area contributed by atoms with E-state index in [-0.39, 0.29) is 0 Å². The molecule has 210 valence electrons. The van der Waals surface area contributed by atoms with Crippen LogP contribution in [0.5, 0.6) is 0 Å². The Labute approximate surface area is 260 Å². The standard InChI is InChI=1S/C42H26N2O/c1-3-12-28(13-4-1)36-26-37(44-42(43-36)30-14-5-2-6-15-30)34-19-10-20-39-41(34)35-25-31(23-24-38(35)45-39)33-18-9-16-29-22-21-27-11-7-8-17-32(27)40(29)33/h1-26H. The van der Waals surface area contributed by atoms with Crippen LogP contribution in [0.25, 0.3) is 88.5 Å². The van der Waals surface area contributed by atoms with Gasteiger partial charge >= 0.3 is 0 Å². The molecule has 0 aliphatic rings. The molecule has 0 atom stereocenters. The lowest BCUT2D eigenvalue weighted by molar-refractivity contribution is 0.669. The fraction of sp³-hybridized carbons (Fsp3) is 0. The maximum absolute atomic E-state index is 6.45. The van der Waals surface area contributed by atoms with Crippen molar-refractivity contribution < 1.29 is 4.42 Å². The molecule has 0 spiro atoms. The van der Waals surface area contributed by atoms with Gasteiger partial charge in [-0.15, -0.1) is 0 Å². The van der Waals surface area contributed by atoms with E-state index < -0.39 is 0 Å². The summed E-state index contributed by atoms with van der Waals surface area (Å²) < 4.78 is 6.45. The van der Waals surface area contributed by atoms with Crippen LogP contribution in [-0.4, -0.2) is 9.97 Å². The van der Waals surface area contributed by atoms with Crippen molar-refractivity contribution in [2.24, 2.45) is 0 Å². The Morgan fingerprint density at radius 1 is 0.378 bits per heavy atom. The Hall–Kier alpha value is -6.06. The van der Waals surface area contributed by atoms with Crippen LogP contribution in [0.4, 0.5) is 0 Å². The number of fused-ring (bicyclic) bond motifs is 6. The van der Waals surface area contributed by atoms with Crippen LogP contribution in [-0.2, 0) is 0 Å². The van der Waals surface area contributed by atoms with Crippen molar-refractivity contribution in [1.82, 2.24) is 9.97 Å². The van der Waals surface area contributed by atoms with Crippen LogP contribution in [0.1, 0.15) is 0 Å². The molecule has 2 heterocycles. The molecule has 3 nitrogen and oxygen atoms in total. The largest absolute Gasteiger partial charge is 0.456 e. The van der Waals surface area contributed by atoms with E-state index >= 15 is 0 Å². The smallest absolute Gasteiger partial charge is 0.160 e. The van der Waals surface area contributed by atoms with Gasteiger partial charge in [-0.25, -0.2) is 9.97 Å². The molecule has 0 aliphatic heterocycles. The summed E-state index contributed by atoms with van der Waals surface area (Å²) in [6.45, 7) is 0. The zero-order valence-corrected chi connectivity index (χ0v) is 24.3. The molecule has 0 aliphatic carbocycles. The number of hydrogen-bond acceptors (Lipinski definition) is 3. The number of aromatic nitrogens is 2. The van der Waals surface area contributed by atoms with Gasteiger partial charge in [0.1, 0.15) is 11.2 Å². The molecule has 0 radical (unpaired) electrons. The quantitative estimate of drug-likeness (QED) is 0.196. The van der Waals surface area contributed by atoms with Gasteiger partial charge in [-0.3, -0.25) is 0 Å². The topological polar surface area (TPSA) is 38.9 Å². The Morgan fingerprint density at radius 3 is 1.93 bits per heavy atom. The minimum absolute atomic E-state index is 0.695. The third-order valence-corrected chi connectivity index (χ3v) is 8.68. The lowest BCUT2D eigenvalue weighted by Crippen LogP contribution is -1.96. The second kappa shape index (κ2) is 10.3. The molecule has 0 fully saturated rings. The molecule has 9 rings (SSSR count). The molecule has 0 N–H and O–H groups in total. The summed E-state index contributed by atoms with van der Waals surface area (Å²) in [6.07, 6.45) is 0. The summed E-state index contributed by atoms with van der Waals surface area (Å²) >= 11 is 0. The summed E-state index contributed by atoms with van der Waals surface area (Å²) in [5.41, 5.74) is 8.83. The zero-order valence-electron chi connectivity index (χ0n) is 24.3. The maximum Gasteiger partial charge on any atom is 0.160 e. The van der Waals surface area contributed by atoms with E-state index in [2.05, 4.69) is 109 Å². The number of nitrogens with zero attached hydrogens (tertiary/aromatic N) is 2. The van der Waals surface area contributed by atoms with Gasteiger partial charge in [-0.2, -0.15) is 0 Å². The number of benzene rings is 7. The first-order valence-corrected chi connectivity index (χ1v) is 15.2. The second-order valence-electron chi connectivity index (χ2n) is 11.4. The van der Waals surface area contributed by atoms with E-state index in [1.807, 2.05) is 48.5 Å². The van der Waals surface area contributed by atoms with E-state index in [4.69, 9.17) is 14.4 Å². The van der Waals surface area contributed by atoms with Crippen LogP contribution in [0, 0.1) is 0 Å². The Bertz CT molecular complexity index is 2470. The van der Waals surface area contributed by atoms with Crippen molar-refractivity contribution >= 4 is 43.5 Å². The van der Waals surface area contributed by atoms with Gasteiger partial charge in [0.15, 0.2) is 5.82 Å². The van der Waals surface area contributed by atoms with Gasteiger partial charge in [0, 0.05) is 27.5 Å². The minimum Gasteiger partial charge on any atom is -0.456 e. The highest BCUT2D eigenvalue weighted by Gasteiger charge is 2.18. The summed E-state index contributed by atoms with van der Waals surface area (Å²) in [6, 6.07) is 54.9. The molecule has 0 bridgehead atoms. The van der Waals surface area contributed by atoms with Crippen LogP contribution in [0.2, 0.25) is 0 Å².